The summed E-state index contributed by atoms with van der Waals surface area (Å²) in [6.45, 7) is 1.09. The molecule has 0 bridgehead atoms. The second kappa shape index (κ2) is 3.84. The zero-order valence-electron chi connectivity index (χ0n) is 8.33. The fraction of sp³-hybridized carbons (Fsp3) is 0.0909. The molecule has 1 aromatic heterocycles. The summed E-state index contributed by atoms with van der Waals surface area (Å²) in [6, 6.07) is 6.10. The molecule has 3 nitrogen and oxygen atoms in total. The number of hydrogen-bond donors (Lipinski definition) is 0. The molecule has 82 valence electrons. The molecule has 0 aliphatic heterocycles. The van der Waals surface area contributed by atoms with E-state index in [0.717, 1.165) is 6.92 Å². The maximum Gasteiger partial charge on any atom is 0.309 e. The lowest BCUT2D eigenvalue weighted by molar-refractivity contribution is -0.132. The van der Waals surface area contributed by atoms with E-state index in [-0.39, 0.29) is 10.9 Å². The molecule has 0 amide bonds. The predicted molar refractivity (Wildman–Crippen MR) is 53.0 cm³/mol. The number of para-hydroxylation sites is 1. The smallest absolute Gasteiger partial charge is 0.309 e. The van der Waals surface area contributed by atoms with Crippen molar-refractivity contribution >= 4 is 16.9 Å². The SMILES string of the molecule is CC(=O)Oc1nc2ccccc2c(F)c1F. The Balaban J connectivity index is 2.68. The Bertz CT molecular complexity index is 569. The maximum absolute atomic E-state index is 13.5. The summed E-state index contributed by atoms with van der Waals surface area (Å²) in [4.78, 5) is 14.4. The van der Waals surface area contributed by atoms with Crippen molar-refractivity contribution in [2.24, 2.45) is 0 Å². The van der Waals surface area contributed by atoms with E-state index in [0.29, 0.717) is 0 Å². The summed E-state index contributed by atoms with van der Waals surface area (Å²) in [6.07, 6.45) is 0. The van der Waals surface area contributed by atoms with Gasteiger partial charge in [-0.25, -0.2) is 9.37 Å². The summed E-state index contributed by atoms with van der Waals surface area (Å²) in [5.41, 5.74) is 0.234. The predicted octanol–water partition coefficient (Wildman–Crippen LogP) is 2.44. The van der Waals surface area contributed by atoms with Gasteiger partial charge in [0, 0.05) is 12.3 Å². The van der Waals surface area contributed by atoms with Crippen LogP contribution in [0.4, 0.5) is 8.78 Å². The minimum Gasteiger partial charge on any atom is -0.404 e. The Labute approximate surface area is 89.7 Å². The highest BCUT2D eigenvalue weighted by Crippen LogP contribution is 2.24. The number of ether oxygens (including phenoxy) is 1. The van der Waals surface area contributed by atoms with Crippen LogP contribution in [0.5, 0.6) is 5.88 Å². The zero-order valence-corrected chi connectivity index (χ0v) is 8.33. The van der Waals surface area contributed by atoms with Gasteiger partial charge in [0.2, 0.25) is 5.82 Å². The van der Waals surface area contributed by atoms with Crippen LogP contribution in [0.3, 0.4) is 0 Å². The number of benzene rings is 1. The lowest BCUT2D eigenvalue weighted by Gasteiger charge is -2.05. The van der Waals surface area contributed by atoms with Crippen molar-refractivity contribution in [1.29, 1.82) is 0 Å². The Morgan fingerprint density at radius 1 is 1.25 bits per heavy atom. The number of aromatic nitrogens is 1. The minimum atomic E-state index is -1.26. The molecule has 0 saturated carbocycles. The van der Waals surface area contributed by atoms with E-state index in [4.69, 9.17) is 0 Å². The van der Waals surface area contributed by atoms with Crippen molar-refractivity contribution in [2.75, 3.05) is 0 Å². The largest absolute Gasteiger partial charge is 0.404 e. The Morgan fingerprint density at radius 2 is 1.94 bits per heavy atom. The molecule has 0 aliphatic carbocycles. The van der Waals surface area contributed by atoms with Gasteiger partial charge in [-0.15, -0.1) is 0 Å². The quantitative estimate of drug-likeness (QED) is 0.697. The summed E-state index contributed by atoms with van der Waals surface area (Å²) < 4.78 is 31.3. The lowest BCUT2D eigenvalue weighted by atomic mass is 10.2. The van der Waals surface area contributed by atoms with E-state index >= 15 is 0 Å². The van der Waals surface area contributed by atoms with Crippen molar-refractivity contribution in [1.82, 2.24) is 4.98 Å². The number of carbonyl (C=O) groups excluding carboxylic acids is 1. The summed E-state index contributed by atoms with van der Waals surface area (Å²) >= 11 is 0. The van der Waals surface area contributed by atoms with E-state index in [9.17, 15) is 13.6 Å². The normalized spacial score (nSPS) is 10.4. The van der Waals surface area contributed by atoms with Gasteiger partial charge >= 0.3 is 5.97 Å². The number of hydrogen-bond acceptors (Lipinski definition) is 3. The fourth-order valence-electron chi connectivity index (χ4n) is 1.33. The molecular formula is C11H7F2NO2. The van der Waals surface area contributed by atoms with Gasteiger partial charge in [0.15, 0.2) is 5.82 Å². The molecule has 0 atom stereocenters. The van der Waals surface area contributed by atoms with Gasteiger partial charge in [-0.05, 0) is 12.1 Å². The van der Waals surface area contributed by atoms with Gasteiger partial charge in [0.25, 0.3) is 5.88 Å². The first-order valence-electron chi connectivity index (χ1n) is 4.51. The molecule has 16 heavy (non-hydrogen) atoms. The summed E-state index contributed by atoms with van der Waals surface area (Å²) in [7, 11) is 0. The van der Waals surface area contributed by atoms with Crippen LogP contribution in [-0.4, -0.2) is 11.0 Å². The van der Waals surface area contributed by atoms with E-state index in [1.54, 1.807) is 12.1 Å². The average molecular weight is 223 g/mol. The first-order chi connectivity index (χ1) is 7.59. The van der Waals surface area contributed by atoms with Crippen molar-refractivity contribution in [3.8, 4) is 5.88 Å². The van der Waals surface area contributed by atoms with Gasteiger partial charge in [0.05, 0.1) is 5.52 Å². The number of pyridine rings is 1. The molecule has 2 rings (SSSR count). The van der Waals surface area contributed by atoms with Crippen LogP contribution in [0, 0.1) is 11.6 Å². The van der Waals surface area contributed by atoms with Crippen molar-refractivity contribution in [2.45, 2.75) is 6.92 Å². The van der Waals surface area contributed by atoms with Crippen LogP contribution < -0.4 is 4.74 Å². The van der Waals surface area contributed by atoms with Gasteiger partial charge in [-0.3, -0.25) is 4.79 Å². The number of fused-ring (bicyclic) bond motifs is 1. The fourth-order valence-corrected chi connectivity index (χ4v) is 1.33. The first kappa shape index (κ1) is 10.5. The molecule has 0 aliphatic rings. The van der Waals surface area contributed by atoms with Crippen LogP contribution in [0.15, 0.2) is 24.3 Å². The molecule has 0 unspecified atom stereocenters. The van der Waals surface area contributed by atoms with Crippen LogP contribution >= 0.6 is 0 Å². The van der Waals surface area contributed by atoms with Crippen molar-refractivity contribution in [3.63, 3.8) is 0 Å². The van der Waals surface area contributed by atoms with E-state index < -0.39 is 23.5 Å². The van der Waals surface area contributed by atoms with Crippen LogP contribution in [0.1, 0.15) is 6.92 Å². The first-order valence-corrected chi connectivity index (χ1v) is 4.51. The lowest BCUT2D eigenvalue weighted by Crippen LogP contribution is -2.06. The van der Waals surface area contributed by atoms with Crippen LogP contribution in [0.2, 0.25) is 0 Å². The third-order valence-corrected chi connectivity index (χ3v) is 1.98. The standard InChI is InChI=1S/C11H7F2NO2/c1-6(15)16-11-10(13)9(12)7-4-2-3-5-8(7)14-11/h2-5H,1H3. The molecule has 1 aromatic carbocycles. The third kappa shape index (κ3) is 1.71. The number of nitrogens with zero attached hydrogens (tertiary/aromatic N) is 1. The Hall–Kier alpha value is -2.04. The van der Waals surface area contributed by atoms with Gasteiger partial charge in [-0.1, -0.05) is 12.1 Å². The molecule has 2 aromatic rings. The van der Waals surface area contributed by atoms with Crippen LogP contribution in [0.25, 0.3) is 10.9 Å². The second-order valence-corrected chi connectivity index (χ2v) is 3.16. The van der Waals surface area contributed by atoms with E-state index in [2.05, 4.69) is 9.72 Å². The van der Waals surface area contributed by atoms with Crippen LogP contribution in [-0.2, 0) is 4.79 Å². The highest BCUT2D eigenvalue weighted by atomic mass is 19.2. The van der Waals surface area contributed by atoms with E-state index in [1.165, 1.54) is 12.1 Å². The molecule has 0 saturated heterocycles. The molecule has 5 heteroatoms. The number of rotatable bonds is 1. The zero-order chi connectivity index (χ0) is 11.7. The number of esters is 1. The topological polar surface area (TPSA) is 39.2 Å². The molecule has 0 spiro atoms. The van der Waals surface area contributed by atoms with Gasteiger partial charge in [-0.2, -0.15) is 4.39 Å². The Morgan fingerprint density at radius 3 is 2.62 bits per heavy atom. The molecule has 0 radical (unpaired) electrons. The van der Waals surface area contributed by atoms with Gasteiger partial charge < -0.3 is 4.74 Å². The summed E-state index contributed by atoms with van der Waals surface area (Å²) in [5.74, 6) is -3.71. The number of halogens is 2. The molecular weight excluding hydrogens is 216 g/mol. The third-order valence-electron chi connectivity index (χ3n) is 1.98. The van der Waals surface area contributed by atoms with Gasteiger partial charge in [0.1, 0.15) is 0 Å². The van der Waals surface area contributed by atoms with Crippen molar-refractivity contribution < 1.29 is 18.3 Å². The second-order valence-electron chi connectivity index (χ2n) is 3.16. The molecule has 0 fully saturated rings. The Kier molecular flexibility index (Phi) is 2.52. The number of carbonyl (C=O) groups is 1. The molecule has 1 heterocycles. The monoisotopic (exact) mass is 223 g/mol. The highest BCUT2D eigenvalue weighted by Gasteiger charge is 2.17. The minimum absolute atomic E-state index is 0.0518. The molecule has 0 N–H and O–H groups in total. The van der Waals surface area contributed by atoms with Crippen molar-refractivity contribution in [3.05, 3.63) is 35.9 Å². The average Bonchev–Trinajstić information content (AvgIpc) is 2.25. The highest BCUT2D eigenvalue weighted by molar-refractivity contribution is 5.80. The maximum atomic E-state index is 13.5. The summed E-state index contributed by atoms with van der Waals surface area (Å²) in [5, 5.41) is 0.0518. The van der Waals surface area contributed by atoms with E-state index in [1.807, 2.05) is 0 Å².